The molecule has 258 valence electrons. The van der Waals surface area contributed by atoms with E-state index in [1.165, 1.54) is 39.8 Å². The van der Waals surface area contributed by atoms with E-state index in [1.54, 1.807) is 60.6 Å². The number of carbonyl (C=O) groups excluding carboxylic acids is 6. The Kier molecular flexibility index (Phi) is 11.7. The highest BCUT2D eigenvalue weighted by molar-refractivity contribution is 6.01. The zero-order valence-corrected chi connectivity index (χ0v) is 29.0. The number of carbonyl (C=O) groups is 6. The molecule has 6 amide bonds. The van der Waals surface area contributed by atoms with Crippen molar-refractivity contribution < 1.29 is 33.2 Å². The number of aryl methyl sites for hydroxylation is 1. The summed E-state index contributed by atoms with van der Waals surface area (Å²) in [4.78, 5) is 89.9. The maximum Gasteiger partial charge on any atom is 0.336 e. The van der Waals surface area contributed by atoms with Crippen molar-refractivity contribution in [2.24, 2.45) is 22.0 Å². The fraction of sp³-hybridized carbons (Fsp3) is 0.545. The highest BCUT2D eigenvalue weighted by Gasteiger charge is 2.45. The van der Waals surface area contributed by atoms with Gasteiger partial charge in [-0.2, -0.15) is 0 Å². The van der Waals surface area contributed by atoms with Crippen LogP contribution in [0.5, 0.6) is 0 Å². The van der Waals surface area contributed by atoms with Crippen LogP contribution in [0.2, 0.25) is 0 Å². The van der Waals surface area contributed by atoms with Gasteiger partial charge in [-0.05, 0) is 56.2 Å². The van der Waals surface area contributed by atoms with Gasteiger partial charge in [-0.1, -0.05) is 41.5 Å². The molecule has 0 radical (unpaired) electrons. The van der Waals surface area contributed by atoms with Crippen LogP contribution in [0, 0.1) is 23.2 Å². The zero-order valence-electron chi connectivity index (χ0n) is 29.0. The molecule has 47 heavy (non-hydrogen) atoms. The van der Waals surface area contributed by atoms with Crippen molar-refractivity contribution in [3.63, 3.8) is 0 Å². The average molecular weight is 657 g/mol. The van der Waals surface area contributed by atoms with E-state index in [4.69, 9.17) is 10.2 Å². The molecule has 14 nitrogen and oxygen atoms in total. The second kappa shape index (κ2) is 14.3. The number of hydrogen-bond acceptors (Lipinski definition) is 8. The van der Waals surface area contributed by atoms with Gasteiger partial charge in [0.2, 0.25) is 35.4 Å². The first-order chi connectivity index (χ1) is 21.4. The van der Waals surface area contributed by atoms with Crippen molar-refractivity contribution in [1.82, 2.24) is 21.3 Å². The van der Waals surface area contributed by atoms with E-state index in [-0.39, 0.29) is 5.58 Å². The Morgan fingerprint density at radius 3 is 1.70 bits per heavy atom. The molecule has 7 N–H and O–H groups in total. The molecule has 4 unspecified atom stereocenters. The Balaban J connectivity index is 2.32. The molecule has 2 rings (SSSR count). The van der Waals surface area contributed by atoms with Gasteiger partial charge >= 0.3 is 5.63 Å². The maximum absolute atomic E-state index is 13.8. The summed E-state index contributed by atoms with van der Waals surface area (Å²) in [5, 5.41) is 13.7. The van der Waals surface area contributed by atoms with Crippen molar-refractivity contribution in [3.05, 3.63) is 40.2 Å². The van der Waals surface area contributed by atoms with Gasteiger partial charge in [-0.3, -0.25) is 28.8 Å². The molecular formula is C33H48N6O8. The molecule has 0 spiro atoms. The summed E-state index contributed by atoms with van der Waals surface area (Å²) < 4.78 is 5.23. The Morgan fingerprint density at radius 2 is 1.21 bits per heavy atom. The minimum absolute atomic E-state index is 0.266. The lowest BCUT2D eigenvalue weighted by molar-refractivity contribution is -0.141. The quantitative estimate of drug-likeness (QED) is 0.195. The number of primary amides is 1. The van der Waals surface area contributed by atoms with Crippen LogP contribution in [-0.4, -0.2) is 59.6 Å². The maximum atomic E-state index is 13.8. The van der Waals surface area contributed by atoms with Crippen molar-refractivity contribution in [2.45, 2.75) is 100 Å². The standard InChI is InChI=1S/C33H48N6O8/c1-16-14-22(41)47-21-15-19(12-13-20(16)21)37-26(42)17(2)35-29(45)25(33(10,11)30(34)46)39-28(44)24(32(7,8)9)38-27(43)23(31(4,5)6)36-18(3)40/h12-15,17,23-25H,1-11H3,(H2,34,46)(H,35,45)(H,36,40)(H,37,42)(H,38,43)(H,39,44). The number of benzene rings is 1. The smallest absolute Gasteiger partial charge is 0.336 e. The lowest BCUT2D eigenvalue weighted by Gasteiger charge is -2.37. The number of rotatable bonds is 11. The molecule has 0 aliphatic carbocycles. The van der Waals surface area contributed by atoms with E-state index in [2.05, 4.69) is 26.6 Å². The van der Waals surface area contributed by atoms with Crippen molar-refractivity contribution >= 4 is 52.1 Å². The van der Waals surface area contributed by atoms with Gasteiger partial charge in [-0.25, -0.2) is 4.79 Å². The summed E-state index contributed by atoms with van der Waals surface area (Å²) in [6.45, 7) is 17.5. The van der Waals surface area contributed by atoms with E-state index < -0.39 is 81.5 Å². The van der Waals surface area contributed by atoms with Gasteiger partial charge in [0.05, 0.1) is 5.41 Å². The SMILES string of the molecule is CC(=O)NC(C(=O)NC(C(=O)NC(C(=O)NC(C)C(=O)Nc1ccc2c(C)cc(=O)oc2c1)C(C)(C)C(N)=O)C(C)(C)C)C(C)(C)C. The average Bonchev–Trinajstić information content (AvgIpc) is 2.91. The molecule has 0 bridgehead atoms. The monoisotopic (exact) mass is 656 g/mol. The predicted molar refractivity (Wildman–Crippen MR) is 177 cm³/mol. The first kappa shape index (κ1) is 38.4. The van der Waals surface area contributed by atoms with Crippen molar-refractivity contribution in [2.75, 3.05) is 5.32 Å². The van der Waals surface area contributed by atoms with E-state index >= 15 is 0 Å². The minimum Gasteiger partial charge on any atom is -0.423 e. The van der Waals surface area contributed by atoms with Crippen LogP contribution in [0.15, 0.2) is 33.5 Å². The summed E-state index contributed by atoms with van der Waals surface area (Å²) in [7, 11) is 0. The van der Waals surface area contributed by atoms with E-state index in [1.807, 2.05) is 0 Å². The summed E-state index contributed by atoms with van der Waals surface area (Å²) in [6.07, 6.45) is 0. The Labute approximate surface area is 274 Å². The van der Waals surface area contributed by atoms with Gasteiger partial charge in [0, 0.05) is 30.1 Å². The summed E-state index contributed by atoms with van der Waals surface area (Å²) >= 11 is 0. The number of anilines is 1. The van der Waals surface area contributed by atoms with Gasteiger partial charge in [0.1, 0.15) is 29.8 Å². The molecule has 14 heteroatoms. The van der Waals surface area contributed by atoms with Crippen LogP contribution in [0.3, 0.4) is 0 Å². The van der Waals surface area contributed by atoms with Crippen molar-refractivity contribution in [3.8, 4) is 0 Å². The Morgan fingerprint density at radius 1 is 0.723 bits per heavy atom. The zero-order chi connectivity index (χ0) is 36.2. The fourth-order valence-electron chi connectivity index (χ4n) is 4.74. The number of amides is 6. The molecule has 1 heterocycles. The van der Waals surface area contributed by atoms with Gasteiger partial charge in [-0.15, -0.1) is 0 Å². The summed E-state index contributed by atoms with van der Waals surface area (Å²) in [6, 6.07) is 1.20. The van der Waals surface area contributed by atoms with Crippen LogP contribution in [0.25, 0.3) is 11.0 Å². The van der Waals surface area contributed by atoms with E-state index in [0.717, 1.165) is 0 Å². The van der Waals surface area contributed by atoms with E-state index in [9.17, 15) is 33.6 Å². The predicted octanol–water partition coefficient (Wildman–Crippen LogP) is 1.62. The van der Waals surface area contributed by atoms with Crippen molar-refractivity contribution in [1.29, 1.82) is 0 Å². The third-order valence-corrected chi connectivity index (χ3v) is 7.77. The first-order valence-electron chi connectivity index (χ1n) is 15.2. The Hall–Kier alpha value is -4.75. The summed E-state index contributed by atoms with van der Waals surface area (Å²) in [5.74, 6) is -4.27. The highest BCUT2D eigenvalue weighted by Crippen LogP contribution is 2.26. The first-order valence-corrected chi connectivity index (χ1v) is 15.2. The molecular weight excluding hydrogens is 608 g/mol. The van der Waals surface area contributed by atoms with Crippen LogP contribution in [0.4, 0.5) is 5.69 Å². The molecule has 2 aromatic rings. The lowest BCUT2D eigenvalue weighted by Crippen LogP contribution is -2.65. The molecule has 1 aromatic carbocycles. The van der Waals surface area contributed by atoms with Crippen LogP contribution < -0.4 is 37.9 Å². The molecule has 0 aliphatic heterocycles. The number of nitrogens with one attached hydrogen (secondary N) is 5. The number of fused-ring (bicyclic) bond motifs is 1. The molecule has 0 saturated heterocycles. The second-order valence-electron chi connectivity index (χ2n) is 14.5. The topological polar surface area (TPSA) is 219 Å². The molecule has 0 aliphatic rings. The number of nitrogens with two attached hydrogens (primary N) is 1. The fourth-order valence-corrected chi connectivity index (χ4v) is 4.74. The van der Waals surface area contributed by atoms with Gasteiger partial charge < -0.3 is 36.7 Å². The van der Waals surface area contributed by atoms with E-state index in [0.29, 0.717) is 16.6 Å². The van der Waals surface area contributed by atoms with Crippen LogP contribution >= 0.6 is 0 Å². The molecule has 0 saturated carbocycles. The highest BCUT2D eigenvalue weighted by atomic mass is 16.4. The Bertz CT molecular complexity index is 1620. The minimum atomic E-state index is -1.64. The van der Waals surface area contributed by atoms with Gasteiger partial charge in [0.25, 0.3) is 0 Å². The van der Waals surface area contributed by atoms with Crippen LogP contribution in [0.1, 0.15) is 74.8 Å². The second-order valence-corrected chi connectivity index (χ2v) is 14.5. The normalized spacial score (nSPS) is 14.6. The third kappa shape index (κ3) is 9.87. The molecule has 1 aromatic heterocycles. The molecule has 4 atom stereocenters. The van der Waals surface area contributed by atoms with Crippen LogP contribution in [-0.2, 0) is 28.8 Å². The summed E-state index contributed by atoms with van der Waals surface area (Å²) in [5.41, 5.74) is 3.13. The van der Waals surface area contributed by atoms with Gasteiger partial charge in [0.15, 0.2) is 0 Å². The largest absolute Gasteiger partial charge is 0.423 e. The third-order valence-electron chi connectivity index (χ3n) is 7.77. The lowest BCUT2D eigenvalue weighted by atomic mass is 9.80. The molecule has 0 fully saturated rings. The number of hydrogen-bond donors (Lipinski definition) is 6.